The van der Waals surface area contributed by atoms with Crippen molar-refractivity contribution in [2.24, 2.45) is 5.73 Å². The average Bonchev–Trinajstić information content (AvgIpc) is 2.97. The summed E-state index contributed by atoms with van der Waals surface area (Å²) in [6.07, 6.45) is -5.20. The van der Waals surface area contributed by atoms with Gasteiger partial charge >= 0.3 is 6.18 Å². The molecule has 1 atom stereocenters. The van der Waals surface area contributed by atoms with Crippen molar-refractivity contribution in [2.45, 2.75) is 23.8 Å². The van der Waals surface area contributed by atoms with E-state index >= 15 is 4.39 Å². The minimum absolute atomic E-state index is 0.0599. The van der Waals surface area contributed by atoms with Crippen LogP contribution in [0.3, 0.4) is 0 Å². The molecule has 1 heterocycles. The number of hydrogen-bond acceptors (Lipinski definition) is 8. The maximum absolute atomic E-state index is 15.6. The molecule has 0 aliphatic rings. The number of benzene rings is 3. The second kappa shape index (κ2) is 12.8. The fourth-order valence-electron chi connectivity index (χ4n) is 3.98. The van der Waals surface area contributed by atoms with Crippen LogP contribution in [-0.4, -0.2) is 32.6 Å². The summed E-state index contributed by atoms with van der Waals surface area (Å²) in [5, 5.41) is 2.85. The fraction of sp³-hybridized carbons (Fsp3) is 0.185. The molecule has 4 rings (SSSR count). The van der Waals surface area contributed by atoms with E-state index in [2.05, 4.69) is 15.3 Å². The maximum atomic E-state index is 15.6. The van der Waals surface area contributed by atoms with E-state index < -0.39 is 51.3 Å². The number of nitrogens with zero attached hydrogens (tertiary/aromatic N) is 3. The Morgan fingerprint density at radius 2 is 1.74 bits per heavy atom. The number of alkyl halides is 3. The number of rotatable bonds is 10. The standard InChI is InChI=1S/C27H23Cl2F4N5O4S/c1-41-16-8-7-15(22(11-16)42-2)14-38(24-9-10-35-26(37-24)27(31,32)33)43(39,40)23-12-19(29)21(13-20(23)30)36-25(34)17-5-3-4-6-18(17)28/h3-13,25,36H,14,34H2,1-2H3/t25-/m1/s1. The zero-order chi connectivity index (χ0) is 31.5. The van der Waals surface area contributed by atoms with Crippen LogP contribution in [0.4, 0.5) is 29.1 Å². The predicted octanol–water partition coefficient (Wildman–Crippen LogP) is 6.42. The molecule has 0 fully saturated rings. The van der Waals surface area contributed by atoms with Gasteiger partial charge in [-0.25, -0.2) is 27.1 Å². The Morgan fingerprint density at radius 1 is 1.02 bits per heavy atom. The lowest BCUT2D eigenvalue weighted by Crippen LogP contribution is -2.33. The lowest BCUT2D eigenvalue weighted by Gasteiger charge is -2.26. The lowest BCUT2D eigenvalue weighted by molar-refractivity contribution is -0.144. The molecule has 0 aliphatic heterocycles. The summed E-state index contributed by atoms with van der Waals surface area (Å²) in [6.45, 7) is -0.613. The normalized spacial score (nSPS) is 12.5. The number of ether oxygens (including phenoxy) is 2. The lowest BCUT2D eigenvalue weighted by atomic mass is 10.1. The minimum atomic E-state index is -4.99. The number of sulfonamides is 1. The highest BCUT2D eigenvalue weighted by Gasteiger charge is 2.37. The van der Waals surface area contributed by atoms with Crippen LogP contribution in [0.25, 0.3) is 0 Å². The Morgan fingerprint density at radius 3 is 2.40 bits per heavy atom. The highest BCUT2D eigenvalue weighted by atomic mass is 35.5. The number of methoxy groups -OCH3 is 2. The first-order valence-corrected chi connectivity index (χ1v) is 14.3. The molecule has 0 bridgehead atoms. The van der Waals surface area contributed by atoms with Gasteiger partial charge in [0.05, 0.1) is 31.5 Å². The van der Waals surface area contributed by atoms with E-state index in [4.69, 9.17) is 38.4 Å². The minimum Gasteiger partial charge on any atom is -0.497 e. The van der Waals surface area contributed by atoms with Crippen LogP contribution < -0.4 is 24.8 Å². The van der Waals surface area contributed by atoms with Gasteiger partial charge in [-0.3, -0.25) is 0 Å². The van der Waals surface area contributed by atoms with Gasteiger partial charge in [0.1, 0.15) is 34.2 Å². The van der Waals surface area contributed by atoms with Crippen molar-refractivity contribution in [3.05, 3.63) is 99.7 Å². The SMILES string of the molecule is COc1ccc(CN(c2ccnc(C(F)(F)F)n2)S(=O)(=O)c2cc(Cl)c(N[C@@H](N)c3ccccc3Cl)cc2F)c(OC)c1. The van der Waals surface area contributed by atoms with Crippen LogP contribution in [0.15, 0.2) is 71.8 Å². The first-order chi connectivity index (χ1) is 20.3. The maximum Gasteiger partial charge on any atom is 0.451 e. The number of nitrogens with one attached hydrogen (secondary N) is 1. The summed E-state index contributed by atoms with van der Waals surface area (Å²) < 4.78 is 94.8. The van der Waals surface area contributed by atoms with E-state index in [1.807, 2.05) is 0 Å². The second-order valence-corrected chi connectivity index (χ2v) is 11.5. The molecular weight excluding hydrogens is 637 g/mol. The van der Waals surface area contributed by atoms with Crippen molar-refractivity contribution >= 4 is 44.7 Å². The second-order valence-electron chi connectivity index (χ2n) is 8.83. The molecular formula is C27H23Cl2F4N5O4S. The summed E-state index contributed by atoms with van der Waals surface area (Å²) >= 11 is 12.5. The number of aromatic nitrogens is 2. The molecule has 3 N–H and O–H groups in total. The molecule has 0 saturated carbocycles. The third kappa shape index (κ3) is 7.04. The molecule has 0 amide bonds. The highest BCUT2D eigenvalue weighted by molar-refractivity contribution is 7.92. The molecule has 0 unspecified atom stereocenters. The van der Waals surface area contributed by atoms with Crippen LogP contribution in [-0.2, 0) is 22.7 Å². The molecule has 0 aliphatic carbocycles. The van der Waals surface area contributed by atoms with E-state index in [1.54, 1.807) is 24.3 Å². The van der Waals surface area contributed by atoms with E-state index in [0.29, 0.717) is 20.6 Å². The molecule has 4 aromatic rings. The molecule has 43 heavy (non-hydrogen) atoms. The quantitative estimate of drug-likeness (QED) is 0.148. The first kappa shape index (κ1) is 32.1. The zero-order valence-electron chi connectivity index (χ0n) is 22.4. The Labute approximate surface area is 254 Å². The monoisotopic (exact) mass is 659 g/mol. The molecule has 228 valence electrons. The molecule has 16 heteroatoms. The molecule has 1 aromatic heterocycles. The Kier molecular flexibility index (Phi) is 9.54. The van der Waals surface area contributed by atoms with Gasteiger partial charge in [-0.2, -0.15) is 13.2 Å². The van der Waals surface area contributed by atoms with Gasteiger partial charge in [-0.05, 0) is 30.3 Å². The summed E-state index contributed by atoms with van der Waals surface area (Å²) in [4.78, 5) is 5.67. The van der Waals surface area contributed by atoms with Gasteiger partial charge in [0, 0.05) is 34.5 Å². The van der Waals surface area contributed by atoms with Crippen LogP contribution in [0.2, 0.25) is 10.0 Å². The Hall–Kier alpha value is -3.85. The summed E-state index contributed by atoms with van der Waals surface area (Å²) in [5.74, 6) is -3.03. The van der Waals surface area contributed by atoms with Gasteiger partial charge in [0.15, 0.2) is 0 Å². The topological polar surface area (TPSA) is 120 Å². The van der Waals surface area contributed by atoms with Gasteiger partial charge < -0.3 is 20.5 Å². The number of halogens is 6. The van der Waals surface area contributed by atoms with Crippen molar-refractivity contribution in [1.82, 2.24) is 9.97 Å². The molecule has 0 spiro atoms. The third-order valence-corrected chi connectivity index (χ3v) is 8.52. The van der Waals surface area contributed by atoms with Gasteiger partial charge in [-0.1, -0.05) is 41.4 Å². The van der Waals surface area contributed by atoms with E-state index in [0.717, 1.165) is 24.4 Å². The van der Waals surface area contributed by atoms with E-state index in [9.17, 15) is 21.6 Å². The fourth-order valence-corrected chi connectivity index (χ4v) is 5.98. The average molecular weight is 660 g/mol. The predicted molar refractivity (Wildman–Crippen MR) is 153 cm³/mol. The van der Waals surface area contributed by atoms with Gasteiger partial charge in [0.2, 0.25) is 5.82 Å². The highest BCUT2D eigenvalue weighted by Crippen LogP contribution is 2.36. The third-order valence-electron chi connectivity index (χ3n) is 6.10. The zero-order valence-corrected chi connectivity index (χ0v) is 24.7. The summed E-state index contributed by atoms with van der Waals surface area (Å²) in [7, 11) is -2.26. The van der Waals surface area contributed by atoms with Crippen molar-refractivity contribution < 1.29 is 35.5 Å². The van der Waals surface area contributed by atoms with Crippen LogP contribution in [0.1, 0.15) is 23.1 Å². The Bertz CT molecular complexity index is 1750. The number of hydrogen-bond donors (Lipinski definition) is 2. The van der Waals surface area contributed by atoms with Crippen molar-refractivity contribution in [1.29, 1.82) is 0 Å². The van der Waals surface area contributed by atoms with Crippen molar-refractivity contribution in [2.75, 3.05) is 23.8 Å². The van der Waals surface area contributed by atoms with Crippen LogP contribution in [0.5, 0.6) is 11.5 Å². The molecule has 3 aromatic carbocycles. The molecule has 0 saturated heterocycles. The Balaban J connectivity index is 1.80. The van der Waals surface area contributed by atoms with Gasteiger partial charge in [-0.15, -0.1) is 0 Å². The number of nitrogens with two attached hydrogens (primary N) is 1. The van der Waals surface area contributed by atoms with Crippen molar-refractivity contribution in [3.63, 3.8) is 0 Å². The summed E-state index contributed by atoms with van der Waals surface area (Å²) in [5.41, 5.74) is 6.75. The molecule has 9 nitrogen and oxygen atoms in total. The van der Waals surface area contributed by atoms with E-state index in [1.165, 1.54) is 32.4 Å². The molecule has 0 radical (unpaired) electrons. The van der Waals surface area contributed by atoms with Crippen LogP contribution >= 0.6 is 23.2 Å². The van der Waals surface area contributed by atoms with Gasteiger partial charge in [0.25, 0.3) is 10.0 Å². The first-order valence-electron chi connectivity index (χ1n) is 12.2. The largest absolute Gasteiger partial charge is 0.497 e. The van der Waals surface area contributed by atoms with Crippen LogP contribution in [0, 0.1) is 5.82 Å². The van der Waals surface area contributed by atoms with E-state index in [-0.39, 0.29) is 22.0 Å². The van der Waals surface area contributed by atoms with Crippen molar-refractivity contribution in [3.8, 4) is 11.5 Å². The smallest absolute Gasteiger partial charge is 0.451 e. The summed E-state index contributed by atoms with van der Waals surface area (Å²) in [6, 6.07) is 13.5. The number of anilines is 2.